The molecule has 2 saturated heterocycles. The van der Waals surface area contributed by atoms with Crippen LogP contribution in [0, 0.1) is 0 Å². The van der Waals surface area contributed by atoms with Gasteiger partial charge in [0.25, 0.3) is 0 Å². The lowest BCUT2D eigenvalue weighted by Crippen LogP contribution is -2.53. The Kier molecular flexibility index (Phi) is 2.05. The zero-order valence-corrected chi connectivity index (χ0v) is 7.20. The van der Waals surface area contributed by atoms with Crippen molar-refractivity contribution in [2.75, 3.05) is 6.54 Å². The molecule has 0 aromatic carbocycles. The van der Waals surface area contributed by atoms with Gasteiger partial charge in [-0.15, -0.1) is 0 Å². The highest BCUT2D eigenvalue weighted by Crippen LogP contribution is 2.26. The summed E-state index contributed by atoms with van der Waals surface area (Å²) in [4.78, 5) is 13.3. The molecule has 0 saturated carbocycles. The van der Waals surface area contributed by atoms with Crippen molar-refractivity contribution in [3.05, 3.63) is 0 Å². The SMILES string of the molecule is O=C1CC[C@@H](O)[C@H]2CCCCN12. The fraction of sp³-hybridized carbons (Fsp3) is 0.889. The van der Waals surface area contributed by atoms with Crippen LogP contribution in [0.15, 0.2) is 0 Å². The average Bonchev–Trinajstić information content (AvgIpc) is 2.12. The molecule has 0 aliphatic carbocycles. The van der Waals surface area contributed by atoms with Gasteiger partial charge in [-0.3, -0.25) is 4.79 Å². The quantitative estimate of drug-likeness (QED) is 0.574. The minimum Gasteiger partial charge on any atom is -0.391 e. The predicted molar refractivity (Wildman–Crippen MR) is 44.6 cm³/mol. The number of amides is 1. The lowest BCUT2D eigenvalue weighted by molar-refractivity contribution is -0.144. The molecule has 2 aliphatic heterocycles. The van der Waals surface area contributed by atoms with Crippen molar-refractivity contribution in [1.29, 1.82) is 0 Å². The van der Waals surface area contributed by atoms with E-state index >= 15 is 0 Å². The molecule has 3 nitrogen and oxygen atoms in total. The van der Waals surface area contributed by atoms with Gasteiger partial charge in [-0.25, -0.2) is 0 Å². The number of hydrogen-bond donors (Lipinski definition) is 1. The third-order valence-corrected chi connectivity index (χ3v) is 2.97. The Balaban J connectivity index is 2.11. The van der Waals surface area contributed by atoms with Gasteiger partial charge < -0.3 is 10.0 Å². The Morgan fingerprint density at radius 2 is 2.17 bits per heavy atom. The normalized spacial score (nSPS) is 36.4. The summed E-state index contributed by atoms with van der Waals surface area (Å²) < 4.78 is 0. The molecule has 2 heterocycles. The van der Waals surface area contributed by atoms with Crippen LogP contribution in [0.3, 0.4) is 0 Å². The van der Waals surface area contributed by atoms with Gasteiger partial charge in [0.2, 0.25) is 5.91 Å². The van der Waals surface area contributed by atoms with E-state index in [-0.39, 0.29) is 18.1 Å². The minimum atomic E-state index is -0.261. The van der Waals surface area contributed by atoms with Gasteiger partial charge >= 0.3 is 0 Å². The molecule has 3 heteroatoms. The van der Waals surface area contributed by atoms with Crippen LogP contribution >= 0.6 is 0 Å². The van der Waals surface area contributed by atoms with Gasteiger partial charge in [-0.2, -0.15) is 0 Å². The van der Waals surface area contributed by atoms with E-state index in [4.69, 9.17) is 0 Å². The first-order valence-electron chi connectivity index (χ1n) is 4.76. The molecule has 0 spiro atoms. The number of piperidine rings is 2. The number of carbonyl (C=O) groups excluding carboxylic acids is 1. The monoisotopic (exact) mass is 169 g/mol. The first kappa shape index (κ1) is 8.05. The Labute approximate surface area is 72.4 Å². The molecular weight excluding hydrogens is 154 g/mol. The third kappa shape index (κ3) is 1.22. The van der Waals surface area contributed by atoms with E-state index < -0.39 is 0 Å². The highest BCUT2D eigenvalue weighted by atomic mass is 16.3. The summed E-state index contributed by atoms with van der Waals surface area (Å²) in [6.07, 6.45) is 4.20. The number of fused-ring (bicyclic) bond motifs is 1. The van der Waals surface area contributed by atoms with Gasteiger partial charge in [-0.1, -0.05) is 0 Å². The summed E-state index contributed by atoms with van der Waals surface area (Å²) in [6.45, 7) is 0.862. The fourth-order valence-corrected chi connectivity index (χ4v) is 2.27. The summed E-state index contributed by atoms with van der Waals surface area (Å²) in [5.74, 6) is 0.241. The second kappa shape index (κ2) is 3.05. The molecule has 0 aromatic heterocycles. The van der Waals surface area contributed by atoms with Crippen LogP contribution in [0.4, 0.5) is 0 Å². The molecule has 0 unspecified atom stereocenters. The van der Waals surface area contributed by atoms with Crippen molar-refractivity contribution in [1.82, 2.24) is 4.90 Å². The predicted octanol–water partition coefficient (Wildman–Crippen LogP) is 0.522. The van der Waals surface area contributed by atoms with Crippen LogP contribution in [0.1, 0.15) is 32.1 Å². The van der Waals surface area contributed by atoms with Gasteiger partial charge in [0.05, 0.1) is 12.1 Å². The number of aliphatic hydroxyl groups excluding tert-OH is 1. The van der Waals surface area contributed by atoms with Crippen LogP contribution in [0.5, 0.6) is 0 Å². The molecule has 2 atom stereocenters. The van der Waals surface area contributed by atoms with Crippen molar-refractivity contribution in [2.45, 2.75) is 44.2 Å². The van der Waals surface area contributed by atoms with Crippen molar-refractivity contribution >= 4 is 5.91 Å². The van der Waals surface area contributed by atoms with Crippen molar-refractivity contribution in [3.63, 3.8) is 0 Å². The molecule has 0 radical (unpaired) electrons. The molecular formula is C9H15NO2. The number of hydrogen-bond acceptors (Lipinski definition) is 2. The Hall–Kier alpha value is -0.570. The van der Waals surface area contributed by atoms with E-state index in [0.29, 0.717) is 12.8 Å². The lowest BCUT2D eigenvalue weighted by Gasteiger charge is -2.42. The Morgan fingerprint density at radius 1 is 1.33 bits per heavy atom. The van der Waals surface area contributed by atoms with Crippen LogP contribution in [-0.4, -0.2) is 34.6 Å². The van der Waals surface area contributed by atoms with Crippen LogP contribution < -0.4 is 0 Å². The summed E-state index contributed by atoms with van der Waals surface area (Å²) >= 11 is 0. The summed E-state index contributed by atoms with van der Waals surface area (Å²) in [6, 6.07) is 0.139. The molecule has 2 rings (SSSR count). The second-order valence-corrected chi connectivity index (χ2v) is 3.76. The standard InChI is InChI=1S/C9H15NO2/c11-8-4-5-9(12)10-6-2-1-3-7(8)10/h7-8,11H,1-6H2/t7-,8-/m1/s1. The zero-order valence-electron chi connectivity index (χ0n) is 7.20. The van der Waals surface area contributed by atoms with Crippen LogP contribution in [0.25, 0.3) is 0 Å². The second-order valence-electron chi connectivity index (χ2n) is 3.76. The summed E-state index contributed by atoms with van der Waals surface area (Å²) in [7, 11) is 0. The summed E-state index contributed by atoms with van der Waals surface area (Å²) in [5.41, 5.74) is 0. The smallest absolute Gasteiger partial charge is 0.223 e. The first-order valence-corrected chi connectivity index (χ1v) is 4.76. The van der Waals surface area contributed by atoms with E-state index in [1.54, 1.807) is 0 Å². The highest BCUT2D eigenvalue weighted by molar-refractivity contribution is 5.77. The van der Waals surface area contributed by atoms with Gasteiger partial charge in [0.15, 0.2) is 0 Å². The maximum absolute atomic E-state index is 11.4. The molecule has 68 valence electrons. The summed E-state index contributed by atoms with van der Waals surface area (Å²) in [5, 5.41) is 9.63. The first-order chi connectivity index (χ1) is 5.79. The van der Waals surface area contributed by atoms with E-state index in [0.717, 1.165) is 25.8 Å². The van der Waals surface area contributed by atoms with Crippen molar-refractivity contribution in [3.8, 4) is 0 Å². The topological polar surface area (TPSA) is 40.5 Å². The van der Waals surface area contributed by atoms with E-state index in [1.807, 2.05) is 4.90 Å². The van der Waals surface area contributed by atoms with E-state index in [9.17, 15) is 9.90 Å². The Morgan fingerprint density at radius 3 is 2.92 bits per heavy atom. The molecule has 12 heavy (non-hydrogen) atoms. The largest absolute Gasteiger partial charge is 0.391 e. The third-order valence-electron chi connectivity index (χ3n) is 2.97. The highest BCUT2D eigenvalue weighted by Gasteiger charge is 2.35. The maximum Gasteiger partial charge on any atom is 0.223 e. The Bertz CT molecular complexity index is 193. The zero-order chi connectivity index (χ0) is 8.55. The van der Waals surface area contributed by atoms with E-state index in [1.165, 1.54) is 0 Å². The lowest BCUT2D eigenvalue weighted by atomic mass is 9.90. The van der Waals surface area contributed by atoms with Crippen molar-refractivity contribution in [2.24, 2.45) is 0 Å². The van der Waals surface area contributed by atoms with Crippen LogP contribution in [0.2, 0.25) is 0 Å². The number of rotatable bonds is 0. The molecule has 1 amide bonds. The maximum atomic E-state index is 11.4. The molecule has 0 bridgehead atoms. The minimum absolute atomic E-state index is 0.139. The molecule has 0 aromatic rings. The molecule has 2 fully saturated rings. The van der Waals surface area contributed by atoms with Crippen molar-refractivity contribution < 1.29 is 9.90 Å². The van der Waals surface area contributed by atoms with Gasteiger partial charge in [-0.05, 0) is 25.7 Å². The fourth-order valence-electron chi connectivity index (χ4n) is 2.27. The number of carbonyl (C=O) groups is 1. The molecule has 2 aliphatic rings. The number of nitrogens with zero attached hydrogens (tertiary/aromatic N) is 1. The van der Waals surface area contributed by atoms with Gasteiger partial charge in [0, 0.05) is 13.0 Å². The van der Waals surface area contributed by atoms with Crippen LogP contribution in [-0.2, 0) is 4.79 Å². The number of aliphatic hydroxyl groups is 1. The van der Waals surface area contributed by atoms with Gasteiger partial charge in [0.1, 0.15) is 0 Å². The molecule has 1 N–H and O–H groups in total. The average molecular weight is 169 g/mol. The van der Waals surface area contributed by atoms with E-state index in [2.05, 4.69) is 0 Å².